The highest BCUT2D eigenvalue weighted by atomic mass is 16.5. The molecule has 2 heteroatoms. The first kappa shape index (κ1) is 18.0. The first-order valence-corrected chi connectivity index (χ1v) is 9.86. The summed E-state index contributed by atoms with van der Waals surface area (Å²) in [6, 6.07) is 19.0. The van der Waals surface area contributed by atoms with Gasteiger partial charge in [-0.05, 0) is 55.6 Å². The molecule has 0 bridgehead atoms. The normalized spacial score (nSPS) is 18.2. The number of benzene rings is 2. The Labute approximate surface area is 152 Å². The molecule has 1 aliphatic heterocycles. The zero-order valence-corrected chi connectivity index (χ0v) is 15.5. The molecule has 0 radical (unpaired) electrons. The summed E-state index contributed by atoms with van der Waals surface area (Å²) in [5.74, 6) is 1.65. The third-order valence-corrected chi connectivity index (χ3v) is 5.11. The van der Waals surface area contributed by atoms with Gasteiger partial charge in [0.15, 0.2) is 0 Å². The standard InChI is InChI=1S/C23H31NO/c1-2-3-7-15-24-16-9-10-20(18-24)19-25-23-14-8-13-22(17-23)21-11-5-4-6-12-21/h4-6,8,11-14,17,20H,2-3,7,9-10,15-16,18-19H2,1H3. The fraction of sp³-hybridized carbons (Fsp3) is 0.478. The lowest BCUT2D eigenvalue weighted by atomic mass is 9.98. The van der Waals surface area contributed by atoms with E-state index in [0.29, 0.717) is 5.92 Å². The highest BCUT2D eigenvalue weighted by Crippen LogP contribution is 2.25. The van der Waals surface area contributed by atoms with Crippen LogP contribution < -0.4 is 4.74 Å². The van der Waals surface area contributed by atoms with E-state index < -0.39 is 0 Å². The summed E-state index contributed by atoms with van der Waals surface area (Å²) in [4.78, 5) is 2.63. The zero-order chi connectivity index (χ0) is 17.3. The predicted octanol–water partition coefficient (Wildman–Crippen LogP) is 5.63. The van der Waals surface area contributed by atoms with Gasteiger partial charge in [0.1, 0.15) is 5.75 Å². The van der Waals surface area contributed by atoms with Crippen molar-refractivity contribution in [1.82, 2.24) is 4.90 Å². The molecule has 1 fully saturated rings. The van der Waals surface area contributed by atoms with Crippen molar-refractivity contribution in [2.75, 3.05) is 26.2 Å². The molecule has 2 aromatic carbocycles. The average molecular weight is 338 g/mol. The van der Waals surface area contributed by atoms with E-state index in [4.69, 9.17) is 4.74 Å². The Morgan fingerprint density at radius 1 is 1.00 bits per heavy atom. The number of likely N-dealkylation sites (tertiary alicyclic amines) is 1. The quantitative estimate of drug-likeness (QED) is 0.578. The van der Waals surface area contributed by atoms with Gasteiger partial charge in [-0.1, -0.05) is 62.2 Å². The molecule has 0 N–H and O–H groups in total. The fourth-order valence-electron chi connectivity index (χ4n) is 3.69. The van der Waals surface area contributed by atoms with E-state index in [1.165, 1.54) is 62.9 Å². The molecule has 2 nitrogen and oxygen atoms in total. The van der Waals surface area contributed by atoms with Gasteiger partial charge in [0.05, 0.1) is 6.61 Å². The summed E-state index contributed by atoms with van der Waals surface area (Å²) in [5.41, 5.74) is 2.47. The first-order valence-electron chi connectivity index (χ1n) is 9.86. The second-order valence-corrected chi connectivity index (χ2v) is 7.22. The molecule has 134 valence electrons. The van der Waals surface area contributed by atoms with Crippen LogP contribution in [-0.2, 0) is 0 Å². The summed E-state index contributed by atoms with van der Waals surface area (Å²) in [5, 5.41) is 0. The third-order valence-electron chi connectivity index (χ3n) is 5.11. The summed E-state index contributed by atoms with van der Waals surface area (Å²) < 4.78 is 6.15. The summed E-state index contributed by atoms with van der Waals surface area (Å²) in [7, 11) is 0. The van der Waals surface area contributed by atoms with E-state index in [-0.39, 0.29) is 0 Å². The highest BCUT2D eigenvalue weighted by Gasteiger charge is 2.20. The predicted molar refractivity (Wildman–Crippen MR) is 106 cm³/mol. The Kier molecular flexibility index (Phi) is 6.93. The van der Waals surface area contributed by atoms with Crippen LogP contribution in [0.25, 0.3) is 11.1 Å². The van der Waals surface area contributed by atoms with Gasteiger partial charge in [-0.3, -0.25) is 0 Å². The third kappa shape index (κ3) is 5.61. The van der Waals surface area contributed by atoms with Gasteiger partial charge in [-0.25, -0.2) is 0 Å². The minimum Gasteiger partial charge on any atom is -0.493 e. The van der Waals surface area contributed by atoms with E-state index >= 15 is 0 Å². The lowest BCUT2D eigenvalue weighted by Crippen LogP contribution is -2.38. The van der Waals surface area contributed by atoms with E-state index in [0.717, 1.165) is 12.4 Å². The van der Waals surface area contributed by atoms with Gasteiger partial charge in [0.2, 0.25) is 0 Å². The highest BCUT2D eigenvalue weighted by molar-refractivity contribution is 5.64. The van der Waals surface area contributed by atoms with E-state index in [2.05, 4.69) is 66.4 Å². The van der Waals surface area contributed by atoms with Crippen LogP contribution in [0, 0.1) is 5.92 Å². The summed E-state index contributed by atoms with van der Waals surface area (Å²) >= 11 is 0. The molecule has 0 amide bonds. The summed E-state index contributed by atoms with van der Waals surface area (Å²) in [6.45, 7) is 6.83. The van der Waals surface area contributed by atoms with Gasteiger partial charge < -0.3 is 9.64 Å². The van der Waals surface area contributed by atoms with Crippen LogP contribution in [0.2, 0.25) is 0 Å². The fourth-order valence-corrected chi connectivity index (χ4v) is 3.69. The van der Waals surface area contributed by atoms with Crippen LogP contribution in [-0.4, -0.2) is 31.1 Å². The van der Waals surface area contributed by atoms with Crippen molar-refractivity contribution in [3.8, 4) is 16.9 Å². The number of hydrogen-bond donors (Lipinski definition) is 0. The SMILES string of the molecule is CCCCCN1CCCC(COc2cccc(-c3ccccc3)c2)C1. The second-order valence-electron chi connectivity index (χ2n) is 7.22. The minimum atomic E-state index is 0.663. The lowest BCUT2D eigenvalue weighted by molar-refractivity contribution is 0.128. The van der Waals surface area contributed by atoms with Crippen LogP contribution in [0.5, 0.6) is 5.75 Å². The van der Waals surface area contributed by atoms with Gasteiger partial charge in [-0.2, -0.15) is 0 Å². The lowest BCUT2D eigenvalue weighted by Gasteiger charge is -2.32. The first-order chi connectivity index (χ1) is 12.3. The van der Waals surface area contributed by atoms with Crippen molar-refractivity contribution in [1.29, 1.82) is 0 Å². The number of piperidine rings is 1. The Morgan fingerprint density at radius 2 is 1.84 bits per heavy atom. The molecular formula is C23H31NO. The van der Waals surface area contributed by atoms with Crippen molar-refractivity contribution in [2.24, 2.45) is 5.92 Å². The van der Waals surface area contributed by atoms with Crippen LogP contribution in [0.15, 0.2) is 54.6 Å². The monoisotopic (exact) mass is 337 g/mol. The molecule has 1 heterocycles. The molecule has 0 aromatic heterocycles. The topological polar surface area (TPSA) is 12.5 Å². The smallest absolute Gasteiger partial charge is 0.119 e. The van der Waals surface area contributed by atoms with Crippen LogP contribution in [0.1, 0.15) is 39.0 Å². The number of rotatable bonds is 8. The Hall–Kier alpha value is -1.80. The largest absolute Gasteiger partial charge is 0.493 e. The van der Waals surface area contributed by atoms with Crippen molar-refractivity contribution in [3.63, 3.8) is 0 Å². The number of unbranched alkanes of at least 4 members (excludes halogenated alkanes) is 2. The molecule has 1 unspecified atom stereocenters. The molecule has 2 aromatic rings. The molecule has 1 aliphatic rings. The summed E-state index contributed by atoms with van der Waals surface area (Å²) in [6.07, 6.45) is 6.60. The van der Waals surface area contributed by atoms with Crippen LogP contribution in [0.3, 0.4) is 0 Å². The van der Waals surface area contributed by atoms with Crippen molar-refractivity contribution in [2.45, 2.75) is 39.0 Å². The maximum atomic E-state index is 6.15. The number of ether oxygens (including phenoxy) is 1. The Bertz CT molecular complexity index is 625. The van der Waals surface area contributed by atoms with E-state index in [9.17, 15) is 0 Å². The average Bonchev–Trinajstić information content (AvgIpc) is 2.68. The maximum absolute atomic E-state index is 6.15. The van der Waals surface area contributed by atoms with E-state index in [1.54, 1.807) is 0 Å². The molecule has 3 rings (SSSR count). The Balaban J connectivity index is 1.51. The van der Waals surface area contributed by atoms with Gasteiger partial charge in [0, 0.05) is 12.5 Å². The molecule has 1 atom stereocenters. The van der Waals surface area contributed by atoms with Gasteiger partial charge in [0.25, 0.3) is 0 Å². The van der Waals surface area contributed by atoms with Crippen molar-refractivity contribution < 1.29 is 4.74 Å². The molecule has 0 spiro atoms. The molecule has 0 saturated carbocycles. The zero-order valence-electron chi connectivity index (χ0n) is 15.5. The van der Waals surface area contributed by atoms with E-state index in [1.807, 2.05) is 0 Å². The molecule has 1 saturated heterocycles. The van der Waals surface area contributed by atoms with Crippen molar-refractivity contribution in [3.05, 3.63) is 54.6 Å². The van der Waals surface area contributed by atoms with Crippen LogP contribution >= 0.6 is 0 Å². The molecule has 0 aliphatic carbocycles. The maximum Gasteiger partial charge on any atom is 0.119 e. The van der Waals surface area contributed by atoms with Crippen molar-refractivity contribution >= 4 is 0 Å². The van der Waals surface area contributed by atoms with Gasteiger partial charge in [-0.15, -0.1) is 0 Å². The number of nitrogens with zero attached hydrogens (tertiary/aromatic N) is 1. The molecular weight excluding hydrogens is 306 g/mol. The van der Waals surface area contributed by atoms with Crippen LogP contribution in [0.4, 0.5) is 0 Å². The minimum absolute atomic E-state index is 0.663. The number of hydrogen-bond acceptors (Lipinski definition) is 2. The van der Waals surface area contributed by atoms with Gasteiger partial charge >= 0.3 is 0 Å². The Morgan fingerprint density at radius 3 is 2.68 bits per heavy atom. The molecule has 25 heavy (non-hydrogen) atoms. The second kappa shape index (κ2) is 9.62.